The molecule has 0 amide bonds. The molecule has 0 atom stereocenters. The van der Waals surface area contributed by atoms with Crippen molar-refractivity contribution in [1.82, 2.24) is 14.3 Å². The minimum Gasteiger partial charge on any atom is -0.360 e. The van der Waals surface area contributed by atoms with Gasteiger partial charge in [0.1, 0.15) is 0 Å². The van der Waals surface area contributed by atoms with Gasteiger partial charge in [0.15, 0.2) is 5.82 Å². The maximum absolute atomic E-state index is 4.58. The number of benzene rings is 1. The monoisotopic (exact) mass is 316 g/mol. The first kappa shape index (κ1) is 15.4. The lowest BCUT2D eigenvalue weighted by Crippen LogP contribution is -2.33. The van der Waals surface area contributed by atoms with Crippen LogP contribution in [0.4, 0.5) is 5.13 Å². The van der Waals surface area contributed by atoms with Gasteiger partial charge < -0.3 is 10.2 Å². The quantitative estimate of drug-likeness (QED) is 0.881. The summed E-state index contributed by atoms with van der Waals surface area (Å²) in [5.41, 5.74) is 1.08. The van der Waals surface area contributed by atoms with E-state index in [0.29, 0.717) is 0 Å². The van der Waals surface area contributed by atoms with E-state index in [1.807, 2.05) is 30.3 Å². The van der Waals surface area contributed by atoms with E-state index in [1.54, 1.807) is 0 Å². The van der Waals surface area contributed by atoms with E-state index in [0.717, 1.165) is 29.0 Å². The highest BCUT2D eigenvalue weighted by Gasteiger charge is 2.17. The molecule has 1 aromatic heterocycles. The van der Waals surface area contributed by atoms with Crippen LogP contribution in [0, 0.1) is 5.92 Å². The summed E-state index contributed by atoms with van der Waals surface area (Å²) in [6.45, 7) is 6.97. The molecule has 0 unspecified atom stereocenters. The Morgan fingerprint density at radius 2 is 2.00 bits per heavy atom. The van der Waals surface area contributed by atoms with Crippen molar-refractivity contribution in [2.24, 2.45) is 5.92 Å². The molecule has 22 heavy (non-hydrogen) atoms. The van der Waals surface area contributed by atoms with Crippen LogP contribution in [-0.4, -0.2) is 40.4 Å². The normalized spacial score (nSPS) is 16.8. The minimum absolute atomic E-state index is 0.823. The van der Waals surface area contributed by atoms with Crippen molar-refractivity contribution in [3.63, 3.8) is 0 Å². The van der Waals surface area contributed by atoms with Crippen LogP contribution in [0.1, 0.15) is 26.2 Å². The number of likely N-dealkylation sites (tertiary alicyclic amines) is 1. The predicted molar refractivity (Wildman–Crippen MR) is 93.3 cm³/mol. The van der Waals surface area contributed by atoms with Crippen molar-refractivity contribution < 1.29 is 0 Å². The molecule has 2 heterocycles. The van der Waals surface area contributed by atoms with Gasteiger partial charge in [-0.3, -0.25) is 0 Å². The van der Waals surface area contributed by atoms with Crippen LogP contribution >= 0.6 is 11.5 Å². The zero-order valence-electron chi connectivity index (χ0n) is 13.2. The maximum Gasteiger partial charge on any atom is 0.202 e. The Morgan fingerprint density at radius 1 is 1.23 bits per heavy atom. The molecule has 0 bridgehead atoms. The van der Waals surface area contributed by atoms with E-state index in [1.165, 1.54) is 50.4 Å². The van der Waals surface area contributed by atoms with Gasteiger partial charge in [0.05, 0.1) is 0 Å². The second kappa shape index (κ2) is 7.70. The van der Waals surface area contributed by atoms with Crippen LogP contribution in [0.25, 0.3) is 11.4 Å². The summed E-state index contributed by atoms with van der Waals surface area (Å²) in [7, 11) is 0. The van der Waals surface area contributed by atoms with Gasteiger partial charge in [-0.1, -0.05) is 37.3 Å². The van der Waals surface area contributed by atoms with Gasteiger partial charge >= 0.3 is 0 Å². The van der Waals surface area contributed by atoms with Gasteiger partial charge in [0.2, 0.25) is 5.13 Å². The first-order valence-corrected chi connectivity index (χ1v) is 8.98. The van der Waals surface area contributed by atoms with Crippen LogP contribution in [0.2, 0.25) is 0 Å². The van der Waals surface area contributed by atoms with Crippen molar-refractivity contribution in [1.29, 1.82) is 0 Å². The van der Waals surface area contributed by atoms with E-state index in [4.69, 9.17) is 0 Å². The molecule has 5 heteroatoms. The molecule has 0 aliphatic carbocycles. The molecule has 4 nitrogen and oxygen atoms in total. The highest BCUT2D eigenvalue weighted by Crippen LogP contribution is 2.23. The molecule has 1 aliphatic heterocycles. The molecule has 2 aromatic rings. The molecule has 0 radical (unpaired) electrons. The number of aromatic nitrogens is 2. The maximum atomic E-state index is 4.58. The van der Waals surface area contributed by atoms with Crippen LogP contribution in [0.15, 0.2) is 30.3 Å². The van der Waals surface area contributed by atoms with Crippen molar-refractivity contribution in [3.8, 4) is 11.4 Å². The van der Waals surface area contributed by atoms with Crippen molar-refractivity contribution in [2.75, 3.05) is 31.5 Å². The fraction of sp³-hybridized carbons (Fsp3) is 0.529. The highest BCUT2D eigenvalue weighted by atomic mass is 32.1. The van der Waals surface area contributed by atoms with E-state index < -0.39 is 0 Å². The Kier molecular flexibility index (Phi) is 5.40. The van der Waals surface area contributed by atoms with Crippen molar-refractivity contribution in [2.45, 2.75) is 26.2 Å². The zero-order valence-corrected chi connectivity index (χ0v) is 14.0. The molecular formula is C17H24N4S. The minimum atomic E-state index is 0.823. The van der Waals surface area contributed by atoms with E-state index in [-0.39, 0.29) is 0 Å². The Hall–Kier alpha value is -1.46. The first-order valence-electron chi connectivity index (χ1n) is 8.20. The summed E-state index contributed by atoms with van der Waals surface area (Å²) in [4.78, 5) is 7.12. The molecule has 1 saturated heterocycles. The number of rotatable bonds is 6. The molecule has 1 aliphatic rings. The summed E-state index contributed by atoms with van der Waals surface area (Å²) >= 11 is 1.45. The molecule has 3 rings (SSSR count). The Morgan fingerprint density at radius 3 is 2.73 bits per heavy atom. The Bertz CT molecular complexity index is 561. The number of hydrogen-bond donors (Lipinski definition) is 1. The number of nitrogens with one attached hydrogen (secondary N) is 1. The topological polar surface area (TPSA) is 41.0 Å². The fourth-order valence-corrected chi connectivity index (χ4v) is 3.59. The van der Waals surface area contributed by atoms with Crippen LogP contribution < -0.4 is 5.32 Å². The average Bonchev–Trinajstić information content (AvgIpc) is 3.05. The Labute approximate surface area is 136 Å². The predicted octanol–water partition coefficient (Wildman–Crippen LogP) is 3.74. The fourth-order valence-electron chi connectivity index (χ4n) is 2.97. The van der Waals surface area contributed by atoms with Gasteiger partial charge in [-0.25, -0.2) is 0 Å². The van der Waals surface area contributed by atoms with Crippen molar-refractivity contribution in [3.05, 3.63) is 30.3 Å². The van der Waals surface area contributed by atoms with Crippen LogP contribution in [0.5, 0.6) is 0 Å². The molecule has 1 aromatic carbocycles. The van der Waals surface area contributed by atoms with Gasteiger partial charge in [-0.05, 0) is 44.8 Å². The van der Waals surface area contributed by atoms with E-state index in [2.05, 4.69) is 26.5 Å². The summed E-state index contributed by atoms with van der Waals surface area (Å²) < 4.78 is 4.43. The third kappa shape index (κ3) is 4.05. The van der Waals surface area contributed by atoms with Gasteiger partial charge in [0.25, 0.3) is 0 Å². The largest absolute Gasteiger partial charge is 0.360 e. The molecule has 0 spiro atoms. The molecule has 1 fully saturated rings. The third-order valence-corrected chi connectivity index (χ3v) is 5.11. The second-order valence-corrected chi connectivity index (χ2v) is 6.63. The summed E-state index contributed by atoms with van der Waals surface area (Å²) in [6, 6.07) is 10.2. The molecule has 0 saturated carbocycles. The SMILES string of the molecule is CCN1CCC(CCNc2nc(-c3ccccc3)ns2)CC1. The molecule has 118 valence electrons. The lowest BCUT2D eigenvalue weighted by molar-refractivity contribution is 0.189. The number of piperidine rings is 1. The first-order chi connectivity index (χ1) is 10.8. The smallest absolute Gasteiger partial charge is 0.202 e. The standard InChI is InChI=1S/C17H24N4S/c1-2-21-12-9-14(10-13-21)8-11-18-17-19-16(20-22-17)15-6-4-3-5-7-15/h3-7,14H,2,8-13H2,1H3,(H,18,19,20). The summed E-state index contributed by atoms with van der Waals surface area (Å²) in [5.74, 6) is 1.68. The van der Waals surface area contributed by atoms with E-state index >= 15 is 0 Å². The summed E-state index contributed by atoms with van der Waals surface area (Å²) in [5, 5.41) is 4.37. The molecule has 1 N–H and O–H groups in total. The lowest BCUT2D eigenvalue weighted by Gasteiger charge is -2.30. The van der Waals surface area contributed by atoms with Gasteiger partial charge in [-0.2, -0.15) is 9.36 Å². The van der Waals surface area contributed by atoms with Crippen LogP contribution in [-0.2, 0) is 0 Å². The Balaban J connectivity index is 1.44. The third-order valence-electron chi connectivity index (χ3n) is 4.44. The van der Waals surface area contributed by atoms with Gasteiger partial charge in [-0.15, -0.1) is 0 Å². The van der Waals surface area contributed by atoms with Crippen molar-refractivity contribution >= 4 is 16.7 Å². The second-order valence-electron chi connectivity index (χ2n) is 5.88. The number of nitrogens with zero attached hydrogens (tertiary/aromatic N) is 3. The molecular weight excluding hydrogens is 292 g/mol. The number of hydrogen-bond acceptors (Lipinski definition) is 5. The average molecular weight is 316 g/mol. The number of anilines is 1. The highest BCUT2D eigenvalue weighted by molar-refractivity contribution is 7.09. The van der Waals surface area contributed by atoms with E-state index in [9.17, 15) is 0 Å². The summed E-state index contributed by atoms with van der Waals surface area (Å²) in [6.07, 6.45) is 3.90. The lowest BCUT2D eigenvalue weighted by atomic mass is 9.93. The zero-order chi connectivity index (χ0) is 15.2. The van der Waals surface area contributed by atoms with Gasteiger partial charge in [0, 0.05) is 23.6 Å². The van der Waals surface area contributed by atoms with Crippen LogP contribution in [0.3, 0.4) is 0 Å².